The number of pyridine rings is 1. The molecule has 0 saturated heterocycles. The summed E-state index contributed by atoms with van der Waals surface area (Å²) < 4.78 is 0. The van der Waals surface area contributed by atoms with E-state index in [0.29, 0.717) is 11.1 Å². The van der Waals surface area contributed by atoms with Crippen molar-refractivity contribution in [3.8, 4) is 0 Å². The second kappa shape index (κ2) is 5.25. The predicted molar refractivity (Wildman–Crippen MR) is 83.7 cm³/mol. The quantitative estimate of drug-likeness (QED) is 0.783. The Morgan fingerprint density at radius 3 is 2.43 bits per heavy atom. The SMILES string of the molecule is CN(C(=O)c1cc(=O)[nH]c2ccccc12)c1ccccc1. The summed E-state index contributed by atoms with van der Waals surface area (Å²) in [6.45, 7) is 0. The monoisotopic (exact) mass is 278 g/mol. The molecule has 1 amide bonds. The average Bonchev–Trinajstić information content (AvgIpc) is 2.53. The zero-order chi connectivity index (χ0) is 14.8. The highest BCUT2D eigenvalue weighted by Gasteiger charge is 2.16. The van der Waals surface area contributed by atoms with Gasteiger partial charge < -0.3 is 9.88 Å². The third-order valence-electron chi connectivity index (χ3n) is 3.43. The average molecular weight is 278 g/mol. The van der Waals surface area contributed by atoms with Gasteiger partial charge in [0.15, 0.2) is 0 Å². The van der Waals surface area contributed by atoms with Gasteiger partial charge in [-0.25, -0.2) is 0 Å². The third-order valence-corrected chi connectivity index (χ3v) is 3.43. The molecule has 0 unspecified atom stereocenters. The van der Waals surface area contributed by atoms with Crippen molar-refractivity contribution >= 4 is 22.5 Å². The molecule has 0 saturated carbocycles. The van der Waals surface area contributed by atoms with Crippen LogP contribution in [0.15, 0.2) is 65.5 Å². The Morgan fingerprint density at radius 1 is 1.00 bits per heavy atom. The van der Waals surface area contributed by atoms with Crippen LogP contribution in [0.4, 0.5) is 5.69 Å². The smallest absolute Gasteiger partial charge is 0.258 e. The number of hydrogen-bond donors (Lipinski definition) is 1. The molecule has 0 atom stereocenters. The van der Waals surface area contributed by atoms with Crippen LogP contribution in [0.5, 0.6) is 0 Å². The Bertz CT molecular complexity index is 853. The first kappa shape index (κ1) is 13.1. The highest BCUT2D eigenvalue weighted by atomic mass is 16.2. The van der Waals surface area contributed by atoms with Gasteiger partial charge in [-0.05, 0) is 18.2 Å². The standard InChI is InChI=1S/C17H14N2O2/c1-19(12-7-3-2-4-8-12)17(21)14-11-16(20)18-15-10-6-5-9-13(14)15/h2-11H,1H3,(H,18,20). The molecule has 0 spiro atoms. The molecule has 21 heavy (non-hydrogen) atoms. The molecule has 1 N–H and O–H groups in total. The van der Waals surface area contributed by atoms with Gasteiger partial charge in [0.2, 0.25) is 5.56 Å². The topological polar surface area (TPSA) is 53.2 Å². The van der Waals surface area contributed by atoms with Gasteiger partial charge in [0.25, 0.3) is 5.91 Å². The van der Waals surface area contributed by atoms with E-state index in [9.17, 15) is 9.59 Å². The second-order valence-electron chi connectivity index (χ2n) is 4.79. The van der Waals surface area contributed by atoms with Gasteiger partial charge in [-0.3, -0.25) is 9.59 Å². The van der Waals surface area contributed by atoms with E-state index in [1.807, 2.05) is 48.5 Å². The second-order valence-corrected chi connectivity index (χ2v) is 4.79. The van der Waals surface area contributed by atoms with Gasteiger partial charge >= 0.3 is 0 Å². The summed E-state index contributed by atoms with van der Waals surface area (Å²) in [5, 5.41) is 0.741. The number of fused-ring (bicyclic) bond motifs is 1. The van der Waals surface area contributed by atoms with Crippen molar-refractivity contribution in [3.63, 3.8) is 0 Å². The Kier molecular flexibility index (Phi) is 3.28. The first-order chi connectivity index (χ1) is 10.2. The van der Waals surface area contributed by atoms with E-state index in [-0.39, 0.29) is 11.5 Å². The lowest BCUT2D eigenvalue weighted by molar-refractivity contribution is 0.0994. The molecule has 0 bridgehead atoms. The number of nitrogens with zero attached hydrogens (tertiary/aromatic N) is 1. The number of H-pyrrole nitrogens is 1. The maximum absolute atomic E-state index is 12.7. The molecular formula is C17H14N2O2. The summed E-state index contributed by atoms with van der Waals surface area (Å²) in [6, 6.07) is 18.0. The molecule has 0 radical (unpaired) electrons. The number of para-hydroxylation sites is 2. The Labute approximate surface area is 121 Å². The Morgan fingerprint density at radius 2 is 1.67 bits per heavy atom. The summed E-state index contributed by atoms with van der Waals surface area (Å²) in [4.78, 5) is 28.7. The number of nitrogens with one attached hydrogen (secondary N) is 1. The molecule has 3 rings (SSSR count). The molecule has 1 aromatic heterocycles. The number of carbonyl (C=O) groups excluding carboxylic acids is 1. The van der Waals surface area contributed by atoms with E-state index in [1.165, 1.54) is 6.07 Å². The van der Waals surface area contributed by atoms with E-state index < -0.39 is 0 Å². The van der Waals surface area contributed by atoms with Crippen LogP contribution < -0.4 is 10.5 Å². The molecule has 3 aromatic rings. The first-order valence-electron chi connectivity index (χ1n) is 6.62. The van der Waals surface area contributed by atoms with E-state index in [2.05, 4.69) is 4.98 Å². The zero-order valence-corrected chi connectivity index (χ0v) is 11.5. The lowest BCUT2D eigenvalue weighted by atomic mass is 10.1. The van der Waals surface area contributed by atoms with E-state index in [1.54, 1.807) is 18.0 Å². The number of aromatic amines is 1. The van der Waals surface area contributed by atoms with Crippen LogP contribution in [0.2, 0.25) is 0 Å². The van der Waals surface area contributed by atoms with Crippen LogP contribution >= 0.6 is 0 Å². The fourth-order valence-corrected chi connectivity index (χ4v) is 2.33. The number of amides is 1. The lowest BCUT2D eigenvalue weighted by Gasteiger charge is -2.18. The summed E-state index contributed by atoms with van der Waals surface area (Å²) in [5.41, 5.74) is 1.57. The van der Waals surface area contributed by atoms with E-state index in [4.69, 9.17) is 0 Å². The Hall–Kier alpha value is -2.88. The van der Waals surface area contributed by atoms with Gasteiger partial charge in [0, 0.05) is 29.7 Å². The minimum Gasteiger partial charge on any atom is -0.322 e. The van der Waals surface area contributed by atoms with Gasteiger partial charge in [-0.2, -0.15) is 0 Å². The molecule has 104 valence electrons. The summed E-state index contributed by atoms with van der Waals surface area (Å²) in [7, 11) is 1.70. The summed E-state index contributed by atoms with van der Waals surface area (Å²) in [6.07, 6.45) is 0. The molecule has 0 aliphatic heterocycles. The fraction of sp³-hybridized carbons (Fsp3) is 0.0588. The van der Waals surface area contributed by atoms with Crippen molar-refractivity contribution in [2.45, 2.75) is 0 Å². The molecule has 1 heterocycles. The molecule has 0 fully saturated rings. The summed E-state index contributed by atoms with van der Waals surface area (Å²) >= 11 is 0. The minimum atomic E-state index is -0.279. The minimum absolute atomic E-state index is 0.205. The molecule has 4 nitrogen and oxygen atoms in total. The van der Waals surface area contributed by atoms with Crippen molar-refractivity contribution in [1.82, 2.24) is 4.98 Å². The van der Waals surface area contributed by atoms with Gasteiger partial charge in [-0.1, -0.05) is 36.4 Å². The van der Waals surface area contributed by atoms with Gasteiger partial charge in [0.1, 0.15) is 0 Å². The van der Waals surface area contributed by atoms with Crippen LogP contribution in [-0.4, -0.2) is 17.9 Å². The molecule has 0 aliphatic carbocycles. The van der Waals surface area contributed by atoms with Crippen molar-refractivity contribution in [1.29, 1.82) is 0 Å². The summed E-state index contributed by atoms with van der Waals surface area (Å²) in [5.74, 6) is -0.205. The number of hydrogen-bond acceptors (Lipinski definition) is 2. The highest BCUT2D eigenvalue weighted by molar-refractivity contribution is 6.13. The van der Waals surface area contributed by atoms with Gasteiger partial charge in [0.05, 0.1) is 5.56 Å². The number of anilines is 1. The maximum atomic E-state index is 12.7. The predicted octanol–water partition coefficient (Wildman–Crippen LogP) is 2.80. The first-order valence-corrected chi connectivity index (χ1v) is 6.62. The van der Waals surface area contributed by atoms with Gasteiger partial charge in [-0.15, -0.1) is 0 Å². The van der Waals surface area contributed by atoms with Crippen LogP contribution in [0.3, 0.4) is 0 Å². The zero-order valence-electron chi connectivity index (χ0n) is 11.5. The highest BCUT2D eigenvalue weighted by Crippen LogP contribution is 2.19. The fourth-order valence-electron chi connectivity index (χ4n) is 2.33. The van der Waals surface area contributed by atoms with Crippen molar-refractivity contribution in [2.75, 3.05) is 11.9 Å². The molecule has 4 heteroatoms. The Balaban J connectivity index is 2.12. The molecule has 0 aliphatic rings. The van der Waals surface area contributed by atoms with Crippen LogP contribution in [0, 0.1) is 0 Å². The number of aromatic nitrogens is 1. The number of carbonyl (C=O) groups is 1. The van der Waals surface area contributed by atoms with E-state index >= 15 is 0 Å². The maximum Gasteiger partial charge on any atom is 0.258 e. The molecule has 2 aromatic carbocycles. The number of benzene rings is 2. The largest absolute Gasteiger partial charge is 0.322 e. The van der Waals surface area contributed by atoms with E-state index in [0.717, 1.165) is 11.1 Å². The number of rotatable bonds is 2. The third kappa shape index (κ3) is 2.43. The van der Waals surface area contributed by atoms with Crippen LogP contribution in [0.1, 0.15) is 10.4 Å². The van der Waals surface area contributed by atoms with Crippen molar-refractivity contribution in [2.24, 2.45) is 0 Å². The van der Waals surface area contributed by atoms with Crippen LogP contribution in [-0.2, 0) is 0 Å². The lowest BCUT2D eigenvalue weighted by Crippen LogP contribution is -2.27. The van der Waals surface area contributed by atoms with Crippen molar-refractivity contribution < 1.29 is 4.79 Å². The van der Waals surface area contributed by atoms with Crippen molar-refractivity contribution in [3.05, 3.63) is 76.6 Å². The molecular weight excluding hydrogens is 264 g/mol. The van der Waals surface area contributed by atoms with Crippen LogP contribution in [0.25, 0.3) is 10.9 Å². The normalized spacial score (nSPS) is 10.5.